The van der Waals surface area contributed by atoms with Crippen molar-refractivity contribution in [1.82, 2.24) is 5.32 Å². The Labute approximate surface area is 120 Å². The molecule has 0 heterocycles. The summed E-state index contributed by atoms with van der Waals surface area (Å²) in [4.78, 5) is 0. The van der Waals surface area contributed by atoms with Crippen LogP contribution < -0.4 is 10.1 Å². The largest absolute Gasteiger partial charge is 0.494 e. The number of aliphatic hydroxyl groups is 1. The van der Waals surface area contributed by atoms with Crippen LogP contribution in [-0.4, -0.2) is 36.4 Å². The number of thioether (sulfide) groups is 1. The molecule has 19 heavy (non-hydrogen) atoms. The highest BCUT2D eigenvalue weighted by atomic mass is 32.2. The Kier molecular flexibility index (Phi) is 8.71. The molecule has 0 spiro atoms. The van der Waals surface area contributed by atoms with E-state index in [4.69, 9.17) is 9.84 Å². The minimum Gasteiger partial charge on any atom is -0.494 e. The van der Waals surface area contributed by atoms with E-state index in [2.05, 4.69) is 18.3 Å². The number of benzene rings is 1. The smallest absolute Gasteiger partial charge is 0.124 e. The Morgan fingerprint density at radius 3 is 2.84 bits per heavy atom. The maximum absolute atomic E-state index is 8.70. The minimum atomic E-state index is 0.290. The maximum atomic E-state index is 8.70. The molecule has 1 rings (SSSR count). The van der Waals surface area contributed by atoms with Gasteiger partial charge in [0.2, 0.25) is 0 Å². The molecule has 0 aromatic heterocycles. The summed E-state index contributed by atoms with van der Waals surface area (Å²) in [5.74, 6) is 3.07. The average molecular weight is 283 g/mol. The normalized spacial score (nSPS) is 12.4. The predicted octanol–water partition coefficient (Wildman–Crippen LogP) is 2.85. The van der Waals surface area contributed by atoms with E-state index in [1.807, 2.05) is 36.9 Å². The van der Waals surface area contributed by atoms with Gasteiger partial charge in [-0.15, -0.1) is 0 Å². The summed E-state index contributed by atoms with van der Waals surface area (Å²) in [5, 5.41) is 12.2. The van der Waals surface area contributed by atoms with Gasteiger partial charge in [-0.25, -0.2) is 0 Å². The standard InChI is InChI=1S/C15H25NO2S/c1-3-18-15-8-5-4-7-14(15)13(2)16-9-12-19-11-6-10-17/h4-5,7-8,13,16-17H,3,6,9-12H2,1-2H3. The van der Waals surface area contributed by atoms with Gasteiger partial charge in [0.1, 0.15) is 5.75 Å². The van der Waals surface area contributed by atoms with E-state index in [1.165, 1.54) is 5.56 Å². The van der Waals surface area contributed by atoms with E-state index in [0.29, 0.717) is 19.3 Å². The average Bonchev–Trinajstić information content (AvgIpc) is 2.43. The Morgan fingerprint density at radius 2 is 2.11 bits per heavy atom. The van der Waals surface area contributed by atoms with Crippen LogP contribution in [0.3, 0.4) is 0 Å². The fraction of sp³-hybridized carbons (Fsp3) is 0.600. The molecule has 0 bridgehead atoms. The second kappa shape index (κ2) is 10.1. The van der Waals surface area contributed by atoms with E-state index < -0.39 is 0 Å². The first-order chi connectivity index (χ1) is 9.29. The van der Waals surface area contributed by atoms with Crippen LogP contribution in [-0.2, 0) is 0 Å². The van der Waals surface area contributed by atoms with Crippen molar-refractivity contribution in [3.05, 3.63) is 29.8 Å². The van der Waals surface area contributed by atoms with Crippen molar-refractivity contribution < 1.29 is 9.84 Å². The molecule has 0 fully saturated rings. The molecule has 1 atom stereocenters. The van der Waals surface area contributed by atoms with Crippen LogP contribution in [0.5, 0.6) is 5.75 Å². The first-order valence-corrected chi connectivity index (χ1v) is 8.08. The van der Waals surface area contributed by atoms with Crippen molar-refractivity contribution in [2.45, 2.75) is 26.3 Å². The summed E-state index contributed by atoms with van der Waals surface area (Å²) in [5.41, 5.74) is 1.21. The quantitative estimate of drug-likeness (QED) is 0.648. The highest BCUT2D eigenvalue weighted by Gasteiger charge is 2.09. The zero-order chi connectivity index (χ0) is 13.9. The summed E-state index contributed by atoms with van der Waals surface area (Å²) in [7, 11) is 0. The monoisotopic (exact) mass is 283 g/mol. The van der Waals surface area contributed by atoms with Gasteiger partial charge >= 0.3 is 0 Å². The number of hydrogen-bond acceptors (Lipinski definition) is 4. The molecule has 0 saturated heterocycles. The van der Waals surface area contributed by atoms with Gasteiger partial charge in [-0.2, -0.15) is 11.8 Å². The minimum absolute atomic E-state index is 0.290. The van der Waals surface area contributed by atoms with Crippen molar-refractivity contribution in [1.29, 1.82) is 0 Å². The zero-order valence-electron chi connectivity index (χ0n) is 11.9. The van der Waals surface area contributed by atoms with Crippen molar-refractivity contribution in [3.63, 3.8) is 0 Å². The Hall–Kier alpha value is -0.710. The molecule has 0 aliphatic carbocycles. The summed E-state index contributed by atoms with van der Waals surface area (Å²) in [6.07, 6.45) is 0.882. The van der Waals surface area contributed by atoms with Crippen LogP contribution in [0.2, 0.25) is 0 Å². The van der Waals surface area contributed by atoms with Crippen LogP contribution >= 0.6 is 11.8 Å². The lowest BCUT2D eigenvalue weighted by atomic mass is 10.1. The molecule has 0 aliphatic heterocycles. The van der Waals surface area contributed by atoms with E-state index in [9.17, 15) is 0 Å². The van der Waals surface area contributed by atoms with E-state index in [0.717, 1.165) is 30.2 Å². The van der Waals surface area contributed by atoms with Gasteiger partial charge in [0.25, 0.3) is 0 Å². The number of hydrogen-bond donors (Lipinski definition) is 2. The van der Waals surface area contributed by atoms with E-state index in [-0.39, 0.29) is 0 Å². The molecule has 3 nitrogen and oxygen atoms in total. The molecule has 0 aliphatic rings. The molecule has 1 unspecified atom stereocenters. The summed E-state index contributed by atoms with van der Waals surface area (Å²) < 4.78 is 5.64. The third-order valence-corrected chi connectivity index (χ3v) is 3.90. The fourth-order valence-electron chi connectivity index (χ4n) is 1.85. The Bertz CT molecular complexity index is 347. The number of rotatable bonds is 10. The predicted molar refractivity (Wildman–Crippen MR) is 83.1 cm³/mol. The van der Waals surface area contributed by atoms with E-state index >= 15 is 0 Å². The number of aliphatic hydroxyl groups excluding tert-OH is 1. The molecule has 2 N–H and O–H groups in total. The van der Waals surface area contributed by atoms with Crippen molar-refractivity contribution >= 4 is 11.8 Å². The van der Waals surface area contributed by atoms with Crippen LogP contribution in [0, 0.1) is 0 Å². The number of para-hydroxylation sites is 1. The molecule has 1 aromatic carbocycles. The molecule has 1 aromatic rings. The first kappa shape index (κ1) is 16.3. The highest BCUT2D eigenvalue weighted by molar-refractivity contribution is 7.99. The van der Waals surface area contributed by atoms with Crippen molar-refractivity contribution in [3.8, 4) is 5.75 Å². The molecule has 0 amide bonds. The van der Waals surface area contributed by atoms with Gasteiger partial charge < -0.3 is 15.2 Å². The first-order valence-electron chi connectivity index (χ1n) is 6.93. The highest BCUT2D eigenvalue weighted by Crippen LogP contribution is 2.24. The SMILES string of the molecule is CCOc1ccccc1C(C)NCCSCCCO. The van der Waals surface area contributed by atoms with Gasteiger partial charge in [-0.3, -0.25) is 0 Å². The van der Waals surface area contributed by atoms with Gasteiger partial charge in [-0.1, -0.05) is 18.2 Å². The third-order valence-electron chi connectivity index (χ3n) is 2.83. The van der Waals surface area contributed by atoms with Gasteiger partial charge in [0.05, 0.1) is 6.61 Å². The molecular weight excluding hydrogens is 258 g/mol. The summed E-state index contributed by atoms with van der Waals surface area (Å²) in [6.45, 7) is 6.12. The third kappa shape index (κ3) is 6.32. The number of ether oxygens (including phenoxy) is 1. The van der Waals surface area contributed by atoms with Crippen molar-refractivity contribution in [2.24, 2.45) is 0 Å². The second-order valence-corrected chi connectivity index (χ2v) is 5.56. The molecule has 0 radical (unpaired) electrons. The van der Waals surface area contributed by atoms with Crippen LogP contribution in [0.4, 0.5) is 0 Å². The Balaban J connectivity index is 2.34. The van der Waals surface area contributed by atoms with Crippen molar-refractivity contribution in [2.75, 3.05) is 31.3 Å². The molecular formula is C15H25NO2S. The second-order valence-electron chi connectivity index (χ2n) is 4.34. The Morgan fingerprint density at radius 1 is 1.32 bits per heavy atom. The van der Waals surface area contributed by atoms with Crippen LogP contribution in [0.1, 0.15) is 31.9 Å². The van der Waals surface area contributed by atoms with E-state index in [1.54, 1.807) is 0 Å². The zero-order valence-corrected chi connectivity index (χ0v) is 12.7. The van der Waals surface area contributed by atoms with Crippen LogP contribution in [0.15, 0.2) is 24.3 Å². The lowest BCUT2D eigenvalue weighted by molar-refractivity contribution is 0.296. The van der Waals surface area contributed by atoms with Gasteiger partial charge in [0, 0.05) is 30.5 Å². The van der Waals surface area contributed by atoms with Crippen LogP contribution in [0.25, 0.3) is 0 Å². The molecule has 108 valence electrons. The lowest BCUT2D eigenvalue weighted by Crippen LogP contribution is -2.22. The lowest BCUT2D eigenvalue weighted by Gasteiger charge is -2.17. The fourth-order valence-corrected chi connectivity index (χ4v) is 2.65. The molecule has 0 saturated carbocycles. The van der Waals surface area contributed by atoms with Gasteiger partial charge in [0.15, 0.2) is 0 Å². The molecule has 4 heteroatoms. The number of nitrogens with one attached hydrogen (secondary N) is 1. The van der Waals surface area contributed by atoms with Gasteiger partial charge in [-0.05, 0) is 32.1 Å². The summed E-state index contributed by atoms with van der Waals surface area (Å²) >= 11 is 1.88. The summed E-state index contributed by atoms with van der Waals surface area (Å²) in [6, 6.07) is 8.48. The topological polar surface area (TPSA) is 41.5 Å². The maximum Gasteiger partial charge on any atom is 0.124 e.